The maximum Gasteiger partial charge on any atom is 0.347 e. The molecule has 6 rings (SSSR count). The van der Waals surface area contributed by atoms with E-state index in [0.29, 0.717) is 4.83 Å². The molecule has 1 aromatic rings. The summed E-state index contributed by atoms with van der Waals surface area (Å²) in [4.78, 5) is 25.1. The molecule has 0 aromatic carbocycles. The van der Waals surface area contributed by atoms with E-state index in [2.05, 4.69) is 28.1 Å². The van der Waals surface area contributed by atoms with Gasteiger partial charge in [0.1, 0.15) is 0 Å². The molecule has 6 heteroatoms. The van der Waals surface area contributed by atoms with Crippen LogP contribution in [0.15, 0.2) is 21.7 Å². The topological polar surface area (TPSA) is 48.9 Å². The highest BCUT2D eigenvalue weighted by atomic mass is 79.9. The average molecular weight is 324 g/mol. The van der Waals surface area contributed by atoms with Gasteiger partial charge in [0.05, 0.1) is 12.1 Å². The Bertz CT molecular complexity index is 712. The van der Waals surface area contributed by atoms with E-state index in [0.717, 1.165) is 12.8 Å². The highest BCUT2D eigenvalue weighted by Crippen LogP contribution is 2.86. The van der Waals surface area contributed by atoms with Crippen LogP contribution < -0.4 is 11.4 Å². The first-order valence-corrected chi connectivity index (χ1v) is 7.71. The largest absolute Gasteiger partial charge is 0.347 e. The highest BCUT2D eigenvalue weighted by molar-refractivity contribution is 9.09. The molecule has 1 aromatic heterocycles. The third-order valence-electron chi connectivity index (χ3n) is 6.12. The normalized spacial score (nSPS) is 48.0. The molecule has 19 heavy (non-hydrogen) atoms. The number of rotatable bonds is 0. The van der Waals surface area contributed by atoms with Gasteiger partial charge in [0, 0.05) is 22.7 Å². The lowest BCUT2D eigenvalue weighted by Crippen LogP contribution is -2.47. The number of hydrogen-bond donors (Lipinski definition) is 0. The lowest BCUT2D eigenvalue weighted by molar-refractivity contribution is 0.122. The van der Waals surface area contributed by atoms with Gasteiger partial charge in [-0.15, -0.1) is 0 Å². The predicted octanol–water partition coefficient (Wildman–Crippen LogP) is 0.948. The summed E-state index contributed by atoms with van der Waals surface area (Å²) in [6, 6.07) is 0.0940. The molecule has 2 aliphatic heterocycles. The molecule has 0 unspecified atom stereocenters. The molecule has 2 bridgehead atoms. The molecule has 3 aliphatic carbocycles. The van der Waals surface area contributed by atoms with E-state index in [1.165, 1.54) is 11.0 Å². The van der Waals surface area contributed by atoms with E-state index >= 15 is 0 Å². The fourth-order valence-electron chi connectivity index (χ4n) is 5.37. The van der Waals surface area contributed by atoms with Gasteiger partial charge in [0.15, 0.2) is 0 Å². The monoisotopic (exact) mass is 323 g/mol. The zero-order chi connectivity index (χ0) is 13.2. The van der Waals surface area contributed by atoms with Crippen LogP contribution in [0, 0.1) is 10.8 Å². The van der Waals surface area contributed by atoms with Crippen molar-refractivity contribution in [3.63, 3.8) is 0 Å². The predicted molar refractivity (Wildman–Crippen MR) is 72.6 cm³/mol. The maximum absolute atomic E-state index is 12.3. The standard InChI is InChI=1S/C13H14BrN3O2/c1-15-10(18)16-7-3-4-8(17(16)11(15)19)13-6-2-5-12(7,13)9(13)14/h3-4,7-9H,2,5-6H2,1H3/t7-,8-,12+,13+/m0/s1. The maximum atomic E-state index is 12.3. The molecular formula is C13H14BrN3O2. The summed E-state index contributed by atoms with van der Waals surface area (Å²) in [7, 11) is 1.57. The average Bonchev–Trinajstić information content (AvgIpc) is 2.75. The number of allylic oxidation sites excluding steroid dienone is 2. The van der Waals surface area contributed by atoms with E-state index in [4.69, 9.17) is 0 Å². The lowest BCUT2D eigenvalue weighted by Gasteiger charge is -2.41. The van der Waals surface area contributed by atoms with Gasteiger partial charge in [-0.3, -0.25) is 0 Å². The first-order valence-electron chi connectivity index (χ1n) is 6.80. The minimum absolute atomic E-state index is 0.0470. The van der Waals surface area contributed by atoms with Crippen molar-refractivity contribution in [2.75, 3.05) is 0 Å². The third kappa shape index (κ3) is 0.754. The van der Waals surface area contributed by atoms with Crippen LogP contribution in [0.3, 0.4) is 0 Å². The Balaban J connectivity index is 1.92. The molecule has 2 fully saturated rings. The van der Waals surface area contributed by atoms with Crippen molar-refractivity contribution in [3.8, 4) is 0 Å². The Morgan fingerprint density at radius 3 is 2.05 bits per heavy atom. The van der Waals surface area contributed by atoms with Gasteiger partial charge in [-0.2, -0.15) is 0 Å². The van der Waals surface area contributed by atoms with Crippen molar-refractivity contribution in [1.29, 1.82) is 0 Å². The van der Waals surface area contributed by atoms with Gasteiger partial charge in [-0.05, 0) is 12.8 Å². The summed E-state index contributed by atoms with van der Waals surface area (Å²) in [6.07, 6.45) is 7.82. The van der Waals surface area contributed by atoms with Crippen LogP contribution in [0.4, 0.5) is 0 Å². The van der Waals surface area contributed by atoms with Gasteiger partial charge < -0.3 is 0 Å². The summed E-state index contributed by atoms with van der Waals surface area (Å²) < 4.78 is 4.65. The van der Waals surface area contributed by atoms with Gasteiger partial charge in [0.2, 0.25) is 0 Å². The minimum atomic E-state index is -0.175. The molecule has 3 heterocycles. The van der Waals surface area contributed by atoms with Gasteiger partial charge >= 0.3 is 11.4 Å². The summed E-state index contributed by atoms with van der Waals surface area (Å²) >= 11 is 3.85. The molecule has 100 valence electrons. The van der Waals surface area contributed by atoms with E-state index in [1.807, 2.05) is 0 Å². The SMILES string of the molecule is Cn1c(=O)n2n(c1=O)[C@H]1C=C[C@H]2[C@@]23CCC[C@]12C3Br. The fraction of sp³-hybridized carbons (Fsp3) is 0.692. The molecule has 5 nitrogen and oxygen atoms in total. The van der Waals surface area contributed by atoms with Crippen molar-refractivity contribution in [1.82, 2.24) is 13.9 Å². The Morgan fingerprint density at radius 2 is 1.58 bits per heavy atom. The van der Waals surface area contributed by atoms with Crippen molar-refractivity contribution in [2.45, 2.75) is 36.2 Å². The van der Waals surface area contributed by atoms with E-state index in [1.54, 1.807) is 16.4 Å². The zero-order valence-electron chi connectivity index (χ0n) is 10.5. The first-order chi connectivity index (χ1) is 9.07. The highest BCUT2D eigenvalue weighted by Gasteiger charge is 2.85. The summed E-state index contributed by atoms with van der Waals surface area (Å²) in [5.41, 5.74) is -0.00898. The molecule has 0 spiro atoms. The summed E-state index contributed by atoms with van der Waals surface area (Å²) in [5.74, 6) is 0. The number of nitrogens with zero attached hydrogens (tertiary/aromatic N) is 3. The first kappa shape index (κ1) is 10.7. The number of alkyl halides is 1. The van der Waals surface area contributed by atoms with Gasteiger partial charge in [-0.25, -0.2) is 23.5 Å². The van der Waals surface area contributed by atoms with E-state index in [-0.39, 0.29) is 34.3 Å². The van der Waals surface area contributed by atoms with Crippen LogP contribution in [0.1, 0.15) is 31.3 Å². The Kier molecular flexibility index (Phi) is 1.53. The Hall–Kier alpha value is -1.04. The van der Waals surface area contributed by atoms with Crippen molar-refractivity contribution < 1.29 is 0 Å². The summed E-state index contributed by atoms with van der Waals surface area (Å²) in [5, 5.41) is 0. The second-order valence-corrected chi connectivity index (χ2v) is 7.30. The number of aromatic nitrogens is 3. The van der Waals surface area contributed by atoms with E-state index in [9.17, 15) is 9.59 Å². The van der Waals surface area contributed by atoms with Crippen LogP contribution in [-0.2, 0) is 7.05 Å². The second-order valence-electron chi connectivity index (χ2n) is 6.38. The Labute approximate surface area is 117 Å². The molecule has 0 saturated heterocycles. The third-order valence-corrected chi connectivity index (χ3v) is 7.76. The van der Waals surface area contributed by atoms with Crippen molar-refractivity contribution in [3.05, 3.63) is 33.1 Å². The van der Waals surface area contributed by atoms with Gasteiger partial charge in [-0.1, -0.05) is 34.5 Å². The van der Waals surface area contributed by atoms with Crippen LogP contribution in [0.2, 0.25) is 0 Å². The van der Waals surface area contributed by atoms with Crippen LogP contribution in [-0.4, -0.2) is 18.8 Å². The zero-order valence-corrected chi connectivity index (χ0v) is 12.1. The Morgan fingerprint density at radius 1 is 1.11 bits per heavy atom. The second kappa shape index (κ2) is 2.71. The molecular weight excluding hydrogens is 310 g/mol. The van der Waals surface area contributed by atoms with Crippen LogP contribution in [0.5, 0.6) is 0 Å². The molecule has 4 atom stereocenters. The quantitative estimate of drug-likeness (QED) is 0.527. The van der Waals surface area contributed by atoms with Crippen molar-refractivity contribution in [2.24, 2.45) is 17.9 Å². The smallest absolute Gasteiger partial charge is 0.246 e. The molecule has 0 N–H and O–H groups in total. The summed E-state index contributed by atoms with van der Waals surface area (Å²) in [6.45, 7) is 0. The number of hydrogen-bond acceptors (Lipinski definition) is 2. The number of halogens is 1. The fourth-order valence-corrected chi connectivity index (χ4v) is 7.09. The van der Waals surface area contributed by atoms with Crippen LogP contribution in [0.25, 0.3) is 0 Å². The van der Waals surface area contributed by atoms with Crippen LogP contribution >= 0.6 is 15.9 Å². The van der Waals surface area contributed by atoms with E-state index < -0.39 is 0 Å². The van der Waals surface area contributed by atoms with Gasteiger partial charge in [0.25, 0.3) is 0 Å². The molecule has 5 aliphatic rings. The minimum Gasteiger partial charge on any atom is -0.246 e. The molecule has 0 amide bonds. The van der Waals surface area contributed by atoms with Crippen molar-refractivity contribution >= 4 is 15.9 Å². The molecule has 2 saturated carbocycles. The molecule has 0 radical (unpaired) electrons. The lowest BCUT2D eigenvalue weighted by atomic mass is 9.77.